The molecule has 1 fully saturated rings. The first-order valence-corrected chi connectivity index (χ1v) is 9.00. The number of piperidine rings is 1. The fraction of sp³-hybridized carbons (Fsp3) is 0.429. The molecule has 1 aliphatic heterocycles. The monoisotopic (exact) mass is 338 g/mol. The SMILES string of the molecule is COc1ccc(C(=O)N2CCC(CCc3ccc(C)cc3)CC2)cn1. The first-order chi connectivity index (χ1) is 12.2. The van der Waals surface area contributed by atoms with Gasteiger partial charge < -0.3 is 9.64 Å². The molecule has 0 radical (unpaired) electrons. The number of aryl methyl sites for hydroxylation is 2. The lowest BCUT2D eigenvalue weighted by Gasteiger charge is -2.32. The average molecular weight is 338 g/mol. The fourth-order valence-corrected chi connectivity index (χ4v) is 3.36. The van der Waals surface area contributed by atoms with Crippen molar-refractivity contribution < 1.29 is 9.53 Å². The van der Waals surface area contributed by atoms with Crippen molar-refractivity contribution in [3.8, 4) is 5.88 Å². The Morgan fingerprint density at radius 2 is 1.88 bits per heavy atom. The summed E-state index contributed by atoms with van der Waals surface area (Å²) in [6.45, 7) is 3.79. The van der Waals surface area contributed by atoms with Crippen molar-refractivity contribution in [3.63, 3.8) is 0 Å². The normalized spacial score (nSPS) is 15.2. The van der Waals surface area contributed by atoms with E-state index in [1.807, 2.05) is 4.90 Å². The Kier molecular flexibility index (Phi) is 5.69. The van der Waals surface area contributed by atoms with Crippen molar-refractivity contribution >= 4 is 5.91 Å². The molecule has 4 heteroatoms. The van der Waals surface area contributed by atoms with Gasteiger partial charge in [-0.15, -0.1) is 0 Å². The van der Waals surface area contributed by atoms with Gasteiger partial charge in [0, 0.05) is 25.4 Å². The number of likely N-dealkylation sites (tertiary alicyclic amines) is 1. The van der Waals surface area contributed by atoms with E-state index in [1.165, 1.54) is 17.5 Å². The number of amides is 1. The molecule has 0 N–H and O–H groups in total. The fourth-order valence-electron chi connectivity index (χ4n) is 3.36. The summed E-state index contributed by atoms with van der Waals surface area (Å²) in [5, 5.41) is 0. The number of ether oxygens (including phenoxy) is 1. The molecule has 2 heterocycles. The molecule has 1 aliphatic rings. The quantitative estimate of drug-likeness (QED) is 0.831. The van der Waals surface area contributed by atoms with E-state index < -0.39 is 0 Å². The van der Waals surface area contributed by atoms with E-state index >= 15 is 0 Å². The molecule has 1 aromatic heterocycles. The summed E-state index contributed by atoms with van der Waals surface area (Å²) in [5.74, 6) is 1.32. The van der Waals surface area contributed by atoms with Gasteiger partial charge in [-0.25, -0.2) is 4.98 Å². The summed E-state index contributed by atoms with van der Waals surface area (Å²) >= 11 is 0. The molecular weight excluding hydrogens is 312 g/mol. The maximum absolute atomic E-state index is 12.6. The zero-order valence-electron chi connectivity index (χ0n) is 15.1. The van der Waals surface area contributed by atoms with Crippen LogP contribution in [0.25, 0.3) is 0 Å². The smallest absolute Gasteiger partial charge is 0.255 e. The van der Waals surface area contributed by atoms with Gasteiger partial charge in [-0.3, -0.25) is 4.79 Å². The highest BCUT2D eigenvalue weighted by Gasteiger charge is 2.23. The van der Waals surface area contributed by atoms with Gasteiger partial charge in [0.05, 0.1) is 12.7 Å². The van der Waals surface area contributed by atoms with Crippen LogP contribution in [0.1, 0.15) is 40.7 Å². The van der Waals surface area contributed by atoms with E-state index in [4.69, 9.17) is 4.74 Å². The number of rotatable bonds is 5. The first kappa shape index (κ1) is 17.5. The highest BCUT2D eigenvalue weighted by atomic mass is 16.5. The molecule has 132 valence electrons. The highest BCUT2D eigenvalue weighted by molar-refractivity contribution is 5.94. The van der Waals surface area contributed by atoms with E-state index in [9.17, 15) is 4.79 Å². The molecule has 25 heavy (non-hydrogen) atoms. The minimum Gasteiger partial charge on any atom is -0.481 e. The molecule has 0 unspecified atom stereocenters. The third kappa shape index (κ3) is 4.59. The van der Waals surface area contributed by atoms with E-state index in [2.05, 4.69) is 36.2 Å². The van der Waals surface area contributed by atoms with Gasteiger partial charge in [-0.2, -0.15) is 0 Å². The van der Waals surface area contributed by atoms with Gasteiger partial charge in [-0.05, 0) is 50.2 Å². The summed E-state index contributed by atoms with van der Waals surface area (Å²) < 4.78 is 5.04. The van der Waals surface area contributed by atoms with E-state index in [1.54, 1.807) is 25.4 Å². The van der Waals surface area contributed by atoms with Crippen LogP contribution in [-0.2, 0) is 6.42 Å². The molecule has 1 amide bonds. The van der Waals surface area contributed by atoms with Crippen LogP contribution in [0.3, 0.4) is 0 Å². The Balaban J connectivity index is 1.47. The number of carbonyl (C=O) groups is 1. The van der Waals surface area contributed by atoms with Crippen LogP contribution in [-0.4, -0.2) is 36.0 Å². The predicted octanol–water partition coefficient (Wildman–Crippen LogP) is 3.88. The van der Waals surface area contributed by atoms with Gasteiger partial charge in [-0.1, -0.05) is 29.8 Å². The third-order valence-corrected chi connectivity index (χ3v) is 5.06. The van der Waals surface area contributed by atoms with Gasteiger partial charge in [0.2, 0.25) is 5.88 Å². The lowest BCUT2D eigenvalue weighted by atomic mass is 9.90. The lowest BCUT2D eigenvalue weighted by molar-refractivity contribution is 0.0686. The summed E-state index contributed by atoms with van der Waals surface area (Å²) in [5.41, 5.74) is 3.36. The van der Waals surface area contributed by atoms with Crippen LogP contribution in [0.2, 0.25) is 0 Å². The van der Waals surface area contributed by atoms with Crippen molar-refractivity contribution in [2.24, 2.45) is 5.92 Å². The van der Waals surface area contributed by atoms with Gasteiger partial charge in [0.25, 0.3) is 5.91 Å². The standard InChI is InChI=1S/C21H26N2O2/c1-16-3-5-17(6-4-16)7-8-18-11-13-23(14-12-18)21(24)19-9-10-20(25-2)22-15-19/h3-6,9-10,15,18H,7-8,11-14H2,1-2H3. The van der Waals surface area contributed by atoms with Gasteiger partial charge in [0.15, 0.2) is 0 Å². The van der Waals surface area contributed by atoms with Crippen molar-refractivity contribution in [3.05, 3.63) is 59.3 Å². The van der Waals surface area contributed by atoms with Crippen LogP contribution < -0.4 is 4.74 Å². The lowest BCUT2D eigenvalue weighted by Crippen LogP contribution is -2.38. The second kappa shape index (κ2) is 8.15. The molecule has 1 aromatic carbocycles. The summed E-state index contributed by atoms with van der Waals surface area (Å²) in [7, 11) is 1.57. The molecule has 3 rings (SSSR count). The summed E-state index contributed by atoms with van der Waals surface area (Å²) in [6.07, 6.45) is 6.10. The zero-order chi connectivity index (χ0) is 17.6. The van der Waals surface area contributed by atoms with Crippen molar-refractivity contribution in [2.45, 2.75) is 32.6 Å². The van der Waals surface area contributed by atoms with Gasteiger partial charge in [0.1, 0.15) is 0 Å². The maximum atomic E-state index is 12.6. The molecule has 0 spiro atoms. The Hall–Kier alpha value is -2.36. The second-order valence-corrected chi connectivity index (χ2v) is 6.85. The molecule has 0 saturated carbocycles. The minimum atomic E-state index is 0.0761. The Labute approximate surface area is 149 Å². The van der Waals surface area contributed by atoms with Crippen molar-refractivity contribution in [2.75, 3.05) is 20.2 Å². The maximum Gasteiger partial charge on any atom is 0.255 e. The summed E-state index contributed by atoms with van der Waals surface area (Å²) in [4.78, 5) is 18.6. The van der Waals surface area contributed by atoms with Crippen molar-refractivity contribution in [1.29, 1.82) is 0 Å². The Morgan fingerprint density at radius 3 is 2.48 bits per heavy atom. The Morgan fingerprint density at radius 1 is 1.16 bits per heavy atom. The van der Waals surface area contributed by atoms with Crippen LogP contribution in [0.15, 0.2) is 42.6 Å². The van der Waals surface area contributed by atoms with E-state index in [0.29, 0.717) is 17.4 Å². The predicted molar refractivity (Wildman–Crippen MR) is 98.9 cm³/mol. The third-order valence-electron chi connectivity index (χ3n) is 5.06. The molecule has 0 atom stereocenters. The van der Waals surface area contributed by atoms with Gasteiger partial charge >= 0.3 is 0 Å². The number of nitrogens with zero attached hydrogens (tertiary/aromatic N) is 2. The van der Waals surface area contributed by atoms with Crippen LogP contribution in [0.5, 0.6) is 5.88 Å². The number of pyridine rings is 1. The molecular formula is C21H26N2O2. The number of hydrogen-bond acceptors (Lipinski definition) is 3. The average Bonchev–Trinajstić information content (AvgIpc) is 2.67. The minimum absolute atomic E-state index is 0.0761. The van der Waals surface area contributed by atoms with E-state index in [0.717, 1.165) is 32.4 Å². The van der Waals surface area contributed by atoms with Crippen LogP contribution in [0, 0.1) is 12.8 Å². The molecule has 2 aromatic rings. The number of hydrogen-bond donors (Lipinski definition) is 0. The second-order valence-electron chi connectivity index (χ2n) is 6.85. The number of benzene rings is 1. The first-order valence-electron chi connectivity index (χ1n) is 9.00. The number of carbonyl (C=O) groups excluding carboxylic acids is 1. The largest absolute Gasteiger partial charge is 0.481 e. The molecule has 0 bridgehead atoms. The molecule has 0 aliphatic carbocycles. The Bertz CT molecular complexity index is 687. The molecule has 4 nitrogen and oxygen atoms in total. The van der Waals surface area contributed by atoms with E-state index in [-0.39, 0.29) is 5.91 Å². The van der Waals surface area contributed by atoms with Crippen molar-refractivity contribution in [1.82, 2.24) is 9.88 Å². The highest BCUT2D eigenvalue weighted by Crippen LogP contribution is 2.24. The van der Waals surface area contributed by atoms with Crippen LogP contribution >= 0.6 is 0 Å². The zero-order valence-corrected chi connectivity index (χ0v) is 15.1. The van der Waals surface area contributed by atoms with Crippen LogP contribution in [0.4, 0.5) is 0 Å². The number of methoxy groups -OCH3 is 1. The molecule has 1 saturated heterocycles. The summed E-state index contributed by atoms with van der Waals surface area (Å²) in [6, 6.07) is 12.3. The number of aromatic nitrogens is 1. The topological polar surface area (TPSA) is 42.4 Å².